The van der Waals surface area contributed by atoms with Crippen molar-refractivity contribution in [2.45, 2.75) is 19.4 Å². The zero-order valence-electron chi connectivity index (χ0n) is 8.45. The molecule has 1 N–H and O–H groups in total. The molecule has 0 amide bonds. The van der Waals surface area contributed by atoms with Crippen LogP contribution in [0.25, 0.3) is 0 Å². The minimum atomic E-state index is -0.991. The zero-order valence-corrected chi connectivity index (χ0v) is 9.45. The molecule has 0 saturated carbocycles. The van der Waals surface area contributed by atoms with Crippen molar-refractivity contribution >= 4 is 20.7 Å². The van der Waals surface area contributed by atoms with E-state index in [9.17, 15) is 4.79 Å². The molecular weight excluding hydrogens is 206 g/mol. The quantitative estimate of drug-likeness (QED) is 0.602. The van der Waals surface area contributed by atoms with E-state index in [-0.39, 0.29) is 11.3 Å². The Kier molecular flexibility index (Phi) is 4.07. The number of pyridine rings is 1. The molecule has 1 aromatic heterocycles. The average Bonchev–Trinajstić information content (AvgIpc) is 2.25. The van der Waals surface area contributed by atoms with E-state index in [1.807, 2.05) is 0 Å². The van der Waals surface area contributed by atoms with Gasteiger partial charge in [-0.1, -0.05) is 19.4 Å². The van der Waals surface area contributed by atoms with Crippen molar-refractivity contribution in [1.29, 1.82) is 0 Å². The average molecular weight is 217 g/mol. The summed E-state index contributed by atoms with van der Waals surface area (Å²) in [4.78, 5) is 14.9. The summed E-state index contributed by atoms with van der Waals surface area (Å²) in [5.74, 6) is 1.32. The fourth-order valence-electron chi connectivity index (χ4n) is 1.19. The first-order valence-corrected chi connectivity index (χ1v) is 5.84. The first-order valence-electron chi connectivity index (χ1n) is 4.63. The van der Waals surface area contributed by atoms with Gasteiger partial charge in [0.1, 0.15) is 5.69 Å². The Balaban J connectivity index is 3.15. The molecule has 0 atom stereocenters. The van der Waals surface area contributed by atoms with Crippen molar-refractivity contribution < 1.29 is 9.90 Å². The summed E-state index contributed by atoms with van der Waals surface area (Å²) in [6, 6.07) is 2.71. The summed E-state index contributed by atoms with van der Waals surface area (Å²) in [6.07, 6.45) is 7.82. The maximum absolute atomic E-state index is 11.0. The number of hydrogen-bond acceptors (Lipinski definition) is 2. The molecule has 0 spiro atoms. The molecule has 0 fully saturated rings. The van der Waals surface area contributed by atoms with E-state index in [0.29, 0.717) is 9.52 Å². The standard InChI is InChI=1S/C11H11NO2Si/c1-3-7-15-9-5-6-12-8(4-2)10(9)11(13)14/h2,5-6H,3,7H2,1H3,(H,13,14). The van der Waals surface area contributed by atoms with Crippen LogP contribution in [0, 0.1) is 12.3 Å². The summed E-state index contributed by atoms with van der Waals surface area (Å²) in [6.45, 7) is 2.07. The lowest BCUT2D eigenvalue weighted by molar-refractivity contribution is 0.0697. The minimum Gasteiger partial charge on any atom is -0.478 e. The van der Waals surface area contributed by atoms with Gasteiger partial charge in [-0.25, -0.2) is 9.78 Å². The zero-order chi connectivity index (χ0) is 11.3. The highest BCUT2D eigenvalue weighted by Crippen LogP contribution is 2.02. The molecule has 0 bridgehead atoms. The Morgan fingerprint density at radius 1 is 1.73 bits per heavy atom. The van der Waals surface area contributed by atoms with Gasteiger partial charge in [0.25, 0.3) is 0 Å². The van der Waals surface area contributed by atoms with Crippen LogP contribution in [0.4, 0.5) is 0 Å². The molecule has 0 aliphatic carbocycles. The van der Waals surface area contributed by atoms with E-state index < -0.39 is 5.97 Å². The molecule has 0 saturated heterocycles. The largest absolute Gasteiger partial charge is 0.478 e. The number of hydrogen-bond donors (Lipinski definition) is 1. The number of carbonyl (C=O) groups is 1. The van der Waals surface area contributed by atoms with Crippen molar-refractivity contribution in [1.82, 2.24) is 4.98 Å². The first-order chi connectivity index (χ1) is 7.20. The van der Waals surface area contributed by atoms with Gasteiger partial charge in [-0.15, -0.1) is 6.42 Å². The van der Waals surface area contributed by atoms with E-state index >= 15 is 0 Å². The topological polar surface area (TPSA) is 50.2 Å². The number of rotatable bonds is 4. The summed E-state index contributed by atoms with van der Waals surface area (Å²) in [5.41, 5.74) is 0.412. The minimum absolute atomic E-state index is 0.187. The molecule has 76 valence electrons. The van der Waals surface area contributed by atoms with E-state index in [0.717, 1.165) is 17.7 Å². The molecule has 4 heteroatoms. The van der Waals surface area contributed by atoms with Crippen molar-refractivity contribution in [2.75, 3.05) is 0 Å². The van der Waals surface area contributed by atoms with Crippen LogP contribution in [-0.2, 0) is 0 Å². The number of aromatic carboxylic acids is 1. The molecule has 3 nitrogen and oxygen atoms in total. The Bertz CT molecular complexity index is 410. The van der Waals surface area contributed by atoms with Crippen LogP contribution in [-0.4, -0.2) is 25.6 Å². The van der Waals surface area contributed by atoms with E-state index in [2.05, 4.69) is 17.8 Å². The molecule has 1 rings (SSSR count). The Morgan fingerprint density at radius 2 is 2.47 bits per heavy atom. The van der Waals surface area contributed by atoms with E-state index in [4.69, 9.17) is 11.5 Å². The van der Waals surface area contributed by atoms with Gasteiger partial charge in [0.05, 0.1) is 15.1 Å². The van der Waals surface area contributed by atoms with Gasteiger partial charge in [-0.2, -0.15) is 0 Å². The Labute approximate surface area is 91.4 Å². The van der Waals surface area contributed by atoms with Gasteiger partial charge in [0, 0.05) is 6.20 Å². The van der Waals surface area contributed by atoms with Crippen LogP contribution in [0.3, 0.4) is 0 Å². The van der Waals surface area contributed by atoms with Crippen molar-refractivity contribution in [3.63, 3.8) is 0 Å². The van der Waals surface area contributed by atoms with E-state index in [1.54, 1.807) is 12.3 Å². The molecule has 0 aliphatic rings. The van der Waals surface area contributed by atoms with Gasteiger partial charge in [-0.05, 0) is 17.2 Å². The van der Waals surface area contributed by atoms with Crippen LogP contribution in [0.1, 0.15) is 29.4 Å². The second kappa shape index (κ2) is 5.32. The Morgan fingerprint density at radius 3 is 3.00 bits per heavy atom. The number of carboxylic acid groups (broad SMARTS) is 1. The first kappa shape index (κ1) is 11.5. The lowest BCUT2D eigenvalue weighted by atomic mass is 10.2. The fourth-order valence-corrected chi connectivity index (χ4v) is 2.31. The highest BCUT2D eigenvalue weighted by molar-refractivity contribution is 6.55. The van der Waals surface area contributed by atoms with Gasteiger partial charge >= 0.3 is 5.97 Å². The summed E-state index contributed by atoms with van der Waals surface area (Å²) in [5, 5.41) is 9.84. The second-order valence-electron chi connectivity index (χ2n) is 2.96. The number of nitrogens with zero attached hydrogens (tertiary/aromatic N) is 1. The highest BCUT2D eigenvalue weighted by Gasteiger charge is 2.14. The second-order valence-corrected chi connectivity index (χ2v) is 4.35. The molecule has 0 aliphatic heterocycles. The summed E-state index contributed by atoms with van der Waals surface area (Å²) >= 11 is 0. The Hall–Kier alpha value is -1.60. The van der Waals surface area contributed by atoms with Crippen LogP contribution < -0.4 is 5.19 Å². The third kappa shape index (κ3) is 2.67. The van der Waals surface area contributed by atoms with Crippen LogP contribution in [0.15, 0.2) is 12.3 Å². The molecule has 0 unspecified atom stereocenters. The van der Waals surface area contributed by atoms with Crippen molar-refractivity contribution in [3.05, 3.63) is 23.5 Å². The maximum Gasteiger partial charge on any atom is 0.338 e. The molecule has 15 heavy (non-hydrogen) atoms. The SMILES string of the molecule is C#Cc1nccc([Si]CCC)c1C(=O)O. The highest BCUT2D eigenvalue weighted by atomic mass is 28.2. The summed E-state index contributed by atoms with van der Waals surface area (Å²) < 4.78 is 0. The smallest absolute Gasteiger partial charge is 0.338 e. The lowest BCUT2D eigenvalue weighted by Gasteiger charge is -2.05. The normalized spacial score (nSPS) is 9.60. The number of aromatic nitrogens is 1. The third-order valence-corrected chi connectivity index (χ3v) is 3.41. The van der Waals surface area contributed by atoms with Gasteiger partial charge in [0.2, 0.25) is 0 Å². The molecule has 1 aromatic rings. The van der Waals surface area contributed by atoms with Crippen LogP contribution in [0.2, 0.25) is 6.04 Å². The van der Waals surface area contributed by atoms with Crippen molar-refractivity contribution in [3.8, 4) is 12.3 Å². The van der Waals surface area contributed by atoms with Gasteiger partial charge in [0.15, 0.2) is 0 Å². The fraction of sp³-hybridized carbons (Fsp3) is 0.273. The maximum atomic E-state index is 11.0. The third-order valence-electron chi connectivity index (χ3n) is 1.87. The van der Waals surface area contributed by atoms with Gasteiger partial charge in [-0.3, -0.25) is 0 Å². The number of terminal acetylenes is 1. The molecular formula is C11H11NO2Si. The predicted molar refractivity (Wildman–Crippen MR) is 59.6 cm³/mol. The van der Waals surface area contributed by atoms with Crippen LogP contribution in [0.5, 0.6) is 0 Å². The molecule has 2 radical (unpaired) electrons. The van der Waals surface area contributed by atoms with Gasteiger partial charge < -0.3 is 5.11 Å². The van der Waals surface area contributed by atoms with Crippen molar-refractivity contribution in [2.24, 2.45) is 0 Å². The monoisotopic (exact) mass is 217 g/mol. The predicted octanol–water partition coefficient (Wildman–Crippen LogP) is 0.919. The van der Waals surface area contributed by atoms with E-state index in [1.165, 1.54) is 0 Å². The lowest BCUT2D eigenvalue weighted by Crippen LogP contribution is -2.24. The number of carboxylic acids is 1. The molecule has 1 heterocycles. The molecule has 0 aromatic carbocycles. The summed E-state index contributed by atoms with van der Waals surface area (Å²) in [7, 11) is 0.479. The van der Waals surface area contributed by atoms with Crippen LogP contribution >= 0.6 is 0 Å².